The molecule has 20 heavy (non-hydrogen) atoms. The number of nitrogens with zero attached hydrogens (tertiary/aromatic N) is 1. The van der Waals surface area contributed by atoms with E-state index in [9.17, 15) is 13.2 Å². The van der Waals surface area contributed by atoms with Crippen LogP contribution in [0.5, 0.6) is 0 Å². The lowest BCUT2D eigenvalue weighted by molar-refractivity contribution is 0.0763. The first-order valence-corrected chi connectivity index (χ1v) is 8.68. The van der Waals surface area contributed by atoms with Crippen molar-refractivity contribution in [3.05, 3.63) is 27.7 Å². The molecule has 0 fully saturated rings. The Hall–Kier alpha value is -0.920. The largest absolute Gasteiger partial charge is 0.339 e. The van der Waals surface area contributed by atoms with Gasteiger partial charge in [0, 0.05) is 23.1 Å². The van der Waals surface area contributed by atoms with Crippen molar-refractivity contribution >= 4 is 31.9 Å². The Kier molecular flexibility index (Phi) is 5.73. The minimum absolute atomic E-state index is 0.0252. The Balaban J connectivity index is 3.39. The summed E-state index contributed by atoms with van der Waals surface area (Å²) in [7, 11) is -3.86. The van der Waals surface area contributed by atoms with Crippen molar-refractivity contribution in [2.45, 2.75) is 32.1 Å². The SMILES string of the molecule is CCCN(CC)C(=O)c1cc(Br)cc(S(N)(=O)=O)c1C. The molecule has 0 saturated heterocycles. The number of nitrogens with two attached hydrogens (primary N) is 1. The molecule has 0 spiro atoms. The molecule has 0 atom stereocenters. The second kappa shape index (κ2) is 6.69. The van der Waals surface area contributed by atoms with Gasteiger partial charge in [-0.3, -0.25) is 4.79 Å². The summed E-state index contributed by atoms with van der Waals surface area (Å²) >= 11 is 3.23. The third-order valence-electron chi connectivity index (χ3n) is 3.02. The van der Waals surface area contributed by atoms with Gasteiger partial charge >= 0.3 is 0 Å². The lowest BCUT2D eigenvalue weighted by Gasteiger charge is -2.22. The van der Waals surface area contributed by atoms with E-state index in [1.165, 1.54) is 6.07 Å². The van der Waals surface area contributed by atoms with Gasteiger partial charge in [0.25, 0.3) is 5.91 Å². The number of benzene rings is 1. The molecule has 112 valence electrons. The van der Waals surface area contributed by atoms with E-state index in [0.29, 0.717) is 28.7 Å². The van der Waals surface area contributed by atoms with E-state index in [2.05, 4.69) is 15.9 Å². The molecule has 1 aromatic rings. The van der Waals surface area contributed by atoms with Gasteiger partial charge in [-0.25, -0.2) is 13.6 Å². The first-order chi connectivity index (χ1) is 9.22. The Morgan fingerprint density at radius 3 is 2.40 bits per heavy atom. The predicted molar refractivity (Wildman–Crippen MR) is 82.1 cm³/mol. The number of sulfonamides is 1. The highest BCUT2D eigenvalue weighted by molar-refractivity contribution is 9.10. The maximum Gasteiger partial charge on any atom is 0.254 e. The number of rotatable bonds is 5. The van der Waals surface area contributed by atoms with Crippen LogP contribution >= 0.6 is 15.9 Å². The maximum atomic E-state index is 12.5. The van der Waals surface area contributed by atoms with E-state index in [0.717, 1.165) is 6.42 Å². The third kappa shape index (κ3) is 3.80. The van der Waals surface area contributed by atoms with Crippen LogP contribution in [0.3, 0.4) is 0 Å². The fourth-order valence-electron chi connectivity index (χ4n) is 2.02. The van der Waals surface area contributed by atoms with E-state index in [1.807, 2.05) is 13.8 Å². The summed E-state index contributed by atoms with van der Waals surface area (Å²) in [6.07, 6.45) is 0.842. The molecule has 0 radical (unpaired) electrons. The van der Waals surface area contributed by atoms with Crippen LogP contribution in [0, 0.1) is 6.92 Å². The van der Waals surface area contributed by atoms with Gasteiger partial charge < -0.3 is 4.90 Å². The summed E-state index contributed by atoms with van der Waals surface area (Å²) in [6.45, 7) is 6.68. The highest BCUT2D eigenvalue weighted by Crippen LogP contribution is 2.25. The van der Waals surface area contributed by atoms with Crippen molar-refractivity contribution in [1.29, 1.82) is 0 Å². The molecule has 5 nitrogen and oxygen atoms in total. The monoisotopic (exact) mass is 362 g/mol. The van der Waals surface area contributed by atoms with Crippen molar-refractivity contribution in [1.82, 2.24) is 4.90 Å². The fraction of sp³-hybridized carbons (Fsp3) is 0.462. The van der Waals surface area contributed by atoms with Crippen molar-refractivity contribution in [2.75, 3.05) is 13.1 Å². The number of hydrogen-bond acceptors (Lipinski definition) is 3. The highest BCUT2D eigenvalue weighted by Gasteiger charge is 2.22. The van der Waals surface area contributed by atoms with Crippen LogP contribution in [0.2, 0.25) is 0 Å². The van der Waals surface area contributed by atoms with Crippen molar-refractivity contribution in [3.63, 3.8) is 0 Å². The molecule has 1 amide bonds. The molecular formula is C13H19BrN2O3S. The van der Waals surface area contributed by atoms with Crippen LogP contribution in [0.4, 0.5) is 0 Å². The van der Waals surface area contributed by atoms with Crippen LogP contribution in [0.1, 0.15) is 36.2 Å². The van der Waals surface area contributed by atoms with Crippen LogP contribution in [-0.4, -0.2) is 32.3 Å². The Morgan fingerprint density at radius 1 is 1.35 bits per heavy atom. The van der Waals surface area contributed by atoms with E-state index in [1.54, 1.807) is 17.9 Å². The van der Waals surface area contributed by atoms with E-state index < -0.39 is 10.0 Å². The minimum atomic E-state index is -3.86. The molecule has 1 aromatic carbocycles. The lowest BCUT2D eigenvalue weighted by atomic mass is 10.1. The van der Waals surface area contributed by atoms with Crippen molar-refractivity contribution in [3.8, 4) is 0 Å². The average molecular weight is 363 g/mol. The molecule has 0 saturated carbocycles. The summed E-state index contributed by atoms with van der Waals surface area (Å²) in [5, 5.41) is 5.19. The molecule has 0 heterocycles. The Morgan fingerprint density at radius 2 is 1.95 bits per heavy atom. The summed E-state index contributed by atoms with van der Waals surface area (Å²) in [5.74, 6) is -0.182. The van der Waals surface area contributed by atoms with Crippen LogP contribution in [0.25, 0.3) is 0 Å². The van der Waals surface area contributed by atoms with Gasteiger partial charge in [0.05, 0.1) is 4.90 Å². The van der Waals surface area contributed by atoms with Crippen LogP contribution in [0.15, 0.2) is 21.5 Å². The zero-order valence-corrected chi connectivity index (χ0v) is 14.2. The second-order valence-electron chi connectivity index (χ2n) is 4.51. The van der Waals surface area contributed by atoms with Crippen molar-refractivity contribution in [2.24, 2.45) is 5.14 Å². The zero-order valence-electron chi connectivity index (χ0n) is 11.8. The molecule has 0 unspecified atom stereocenters. The van der Waals surface area contributed by atoms with Gasteiger partial charge in [0.2, 0.25) is 10.0 Å². The van der Waals surface area contributed by atoms with Gasteiger partial charge in [0.1, 0.15) is 0 Å². The van der Waals surface area contributed by atoms with Gasteiger partial charge in [0.15, 0.2) is 0 Å². The molecule has 0 aliphatic carbocycles. The summed E-state index contributed by atoms with van der Waals surface area (Å²) < 4.78 is 23.7. The quantitative estimate of drug-likeness (QED) is 0.872. The smallest absolute Gasteiger partial charge is 0.254 e. The van der Waals surface area contributed by atoms with E-state index >= 15 is 0 Å². The molecule has 7 heteroatoms. The lowest BCUT2D eigenvalue weighted by Crippen LogP contribution is -2.32. The number of carbonyl (C=O) groups is 1. The minimum Gasteiger partial charge on any atom is -0.339 e. The normalized spacial score (nSPS) is 11.4. The number of hydrogen-bond donors (Lipinski definition) is 1. The molecule has 0 aliphatic rings. The van der Waals surface area contributed by atoms with Gasteiger partial charge in [-0.15, -0.1) is 0 Å². The van der Waals surface area contributed by atoms with Gasteiger partial charge in [-0.1, -0.05) is 22.9 Å². The maximum absolute atomic E-state index is 12.5. The summed E-state index contributed by atoms with van der Waals surface area (Å²) in [4.78, 5) is 14.1. The Labute approximate surface area is 128 Å². The second-order valence-corrected chi connectivity index (χ2v) is 6.95. The van der Waals surface area contributed by atoms with Gasteiger partial charge in [-0.2, -0.15) is 0 Å². The fourth-order valence-corrected chi connectivity index (χ4v) is 3.45. The van der Waals surface area contributed by atoms with Crippen LogP contribution in [-0.2, 0) is 10.0 Å². The highest BCUT2D eigenvalue weighted by atomic mass is 79.9. The summed E-state index contributed by atoms with van der Waals surface area (Å²) in [5.41, 5.74) is 0.744. The van der Waals surface area contributed by atoms with E-state index in [-0.39, 0.29) is 10.8 Å². The predicted octanol–water partition coefficient (Wildman–Crippen LogP) is 2.28. The number of carbonyl (C=O) groups excluding carboxylic acids is 1. The van der Waals surface area contributed by atoms with Gasteiger partial charge in [-0.05, 0) is 38.0 Å². The molecule has 1 rings (SSSR count). The first kappa shape index (κ1) is 17.1. The third-order valence-corrected chi connectivity index (χ3v) is 4.52. The standard InChI is InChI=1S/C13H19BrN2O3S/c1-4-6-16(5-2)13(17)11-7-10(14)8-12(9(11)3)20(15,18)19/h7-8H,4-6H2,1-3H3,(H2,15,18,19). The summed E-state index contributed by atoms with van der Waals surface area (Å²) in [6, 6.07) is 3.04. The molecule has 0 bridgehead atoms. The first-order valence-electron chi connectivity index (χ1n) is 6.34. The number of amides is 1. The average Bonchev–Trinajstić information content (AvgIpc) is 2.36. The molecular weight excluding hydrogens is 344 g/mol. The van der Waals surface area contributed by atoms with Crippen LogP contribution < -0.4 is 5.14 Å². The zero-order chi connectivity index (χ0) is 15.5. The topological polar surface area (TPSA) is 80.5 Å². The Bertz CT molecular complexity index is 614. The number of primary sulfonamides is 1. The van der Waals surface area contributed by atoms with Crippen molar-refractivity contribution < 1.29 is 13.2 Å². The molecule has 0 aromatic heterocycles. The van der Waals surface area contributed by atoms with E-state index in [4.69, 9.17) is 5.14 Å². The molecule has 0 aliphatic heterocycles. The number of halogens is 1. The molecule has 2 N–H and O–H groups in total.